The summed E-state index contributed by atoms with van der Waals surface area (Å²) in [6.07, 6.45) is 2.77. The van der Waals surface area contributed by atoms with Crippen molar-refractivity contribution < 1.29 is 23.1 Å². The first-order valence-electron chi connectivity index (χ1n) is 8.17. The molecule has 2 N–H and O–H groups in total. The van der Waals surface area contributed by atoms with Crippen LogP contribution in [0.1, 0.15) is 26.2 Å². The summed E-state index contributed by atoms with van der Waals surface area (Å²) in [5.41, 5.74) is 0.326. The number of amides is 1. The van der Waals surface area contributed by atoms with Crippen LogP contribution in [0.3, 0.4) is 0 Å². The topological polar surface area (TPSA) is 104 Å². The van der Waals surface area contributed by atoms with Crippen LogP contribution in [0.5, 0.6) is 0 Å². The molecule has 2 rings (SSSR count). The van der Waals surface area contributed by atoms with Crippen molar-refractivity contribution in [2.75, 3.05) is 13.1 Å². The molecule has 1 aliphatic rings. The number of rotatable bonds is 6. The zero-order valence-electron chi connectivity index (χ0n) is 14.3. The Balaban J connectivity index is 2.46. The van der Waals surface area contributed by atoms with Gasteiger partial charge in [0.05, 0.1) is 4.90 Å². The average Bonchev–Trinajstić information content (AvgIpc) is 2.76. The van der Waals surface area contributed by atoms with Crippen molar-refractivity contribution in [1.29, 1.82) is 0 Å². The fraction of sp³-hybridized carbons (Fsp3) is 0.412. The van der Waals surface area contributed by atoms with Gasteiger partial charge in [-0.25, -0.2) is 13.2 Å². The van der Waals surface area contributed by atoms with Crippen LogP contribution in [0.2, 0.25) is 5.02 Å². The van der Waals surface area contributed by atoms with Crippen LogP contribution in [0.4, 0.5) is 0 Å². The molecule has 0 unspecified atom stereocenters. The summed E-state index contributed by atoms with van der Waals surface area (Å²) in [5, 5.41) is 12.0. The number of carboxylic acids is 1. The SMILES string of the molecule is CC(=CC(=O)O)CN([C@@H]1CCCCNC1=O)S(=O)(=O)c1ccc(Cl)cc1. The predicted molar refractivity (Wildman–Crippen MR) is 97.4 cm³/mol. The summed E-state index contributed by atoms with van der Waals surface area (Å²) in [4.78, 5) is 23.3. The summed E-state index contributed by atoms with van der Waals surface area (Å²) in [6.45, 7) is 1.83. The second-order valence-corrected chi connectivity index (χ2v) is 8.46. The standard InChI is InChI=1S/C17H21ClN2O5S/c1-12(10-16(21)22)11-20(15-4-2-3-9-19-17(15)23)26(24,25)14-7-5-13(18)6-8-14/h5-8,10,15H,2-4,9,11H2,1H3,(H,19,23)(H,21,22)/t15-/m1/s1. The zero-order valence-corrected chi connectivity index (χ0v) is 15.9. The number of sulfonamides is 1. The number of carboxylic acid groups (broad SMARTS) is 1. The van der Waals surface area contributed by atoms with Crippen molar-refractivity contribution in [3.8, 4) is 0 Å². The summed E-state index contributed by atoms with van der Waals surface area (Å²) >= 11 is 5.83. The molecular weight excluding hydrogens is 380 g/mol. The molecule has 1 saturated heterocycles. The molecule has 1 heterocycles. The van der Waals surface area contributed by atoms with E-state index in [0.717, 1.165) is 16.8 Å². The van der Waals surface area contributed by atoms with Crippen LogP contribution in [0, 0.1) is 0 Å². The molecule has 0 bridgehead atoms. The van der Waals surface area contributed by atoms with Crippen molar-refractivity contribution in [3.63, 3.8) is 0 Å². The number of carbonyl (C=O) groups is 2. The maximum absolute atomic E-state index is 13.2. The zero-order chi connectivity index (χ0) is 19.3. The normalized spacial score (nSPS) is 19.1. The summed E-state index contributed by atoms with van der Waals surface area (Å²) in [5.74, 6) is -1.54. The number of nitrogens with zero attached hydrogens (tertiary/aromatic N) is 1. The maximum Gasteiger partial charge on any atom is 0.328 e. The van der Waals surface area contributed by atoms with Crippen LogP contribution in [-0.4, -0.2) is 48.8 Å². The average molecular weight is 401 g/mol. The molecule has 142 valence electrons. The van der Waals surface area contributed by atoms with Gasteiger partial charge in [-0.05, 0) is 50.5 Å². The third kappa shape index (κ3) is 5.06. The lowest BCUT2D eigenvalue weighted by Crippen LogP contribution is -2.49. The molecule has 1 aromatic rings. The molecule has 1 fully saturated rings. The van der Waals surface area contributed by atoms with E-state index in [2.05, 4.69) is 5.32 Å². The van der Waals surface area contributed by atoms with E-state index >= 15 is 0 Å². The van der Waals surface area contributed by atoms with Gasteiger partial charge in [0.1, 0.15) is 6.04 Å². The lowest BCUT2D eigenvalue weighted by molar-refractivity contribution is -0.131. The van der Waals surface area contributed by atoms with E-state index in [-0.39, 0.29) is 17.3 Å². The van der Waals surface area contributed by atoms with Gasteiger partial charge in [0, 0.05) is 24.2 Å². The Labute approximate surface area is 157 Å². The molecule has 1 amide bonds. The van der Waals surface area contributed by atoms with E-state index in [9.17, 15) is 18.0 Å². The molecule has 1 atom stereocenters. The van der Waals surface area contributed by atoms with Crippen LogP contribution in [0.25, 0.3) is 0 Å². The van der Waals surface area contributed by atoms with Crippen molar-refractivity contribution in [1.82, 2.24) is 9.62 Å². The summed E-state index contributed by atoms with van der Waals surface area (Å²) < 4.78 is 27.4. The number of benzene rings is 1. The highest BCUT2D eigenvalue weighted by atomic mass is 35.5. The third-order valence-corrected chi connectivity index (χ3v) is 6.17. The Morgan fingerprint density at radius 1 is 1.35 bits per heavy atom. The minimum atomic E-state index is -4.02. The van der Waals surface area contributed by atoms with E-state index in [1.165, 1.54) is 31.2 Å². The molecule has 1 aromatic carbocycles. The van der Waals surface area contributed by atoms with Crippen molar-refractivity contribution in [2.45, 2.75) is 37.1 Å². The summed E-state index contributed by atoms with van der Waals surface area (Å²) in [7, 11) is -4.02. The van der Waals surface area contributed by atoms with Crippen LogP contribution < -0.4 is 5.32 Å². The van der Waals surface area contributed by atoms with Gasteiger partial charge in [0.15, 0.2) is 0 Å². The number of hydrogen-bond donors (Lipinski definition) is 2. The first-order chi connectivity index (χ1) is 12.2. The fourth-order valence-electron chi connectivity index (χ4n) is 2.80. The maximum atomic E-state index is 13.2. The first kappa shape index (κ1) is 20.4. The first-order valence-corrected chi connectivity index (χ1v) is 9.99. The fourth-order valence-corrected chi connectivity index (χ4v) is 4.59. The monoisotopic (exact) mass is 400 g/mol. The molecule has 26 heavy (non-hydrogen) atoms. The molecule has 0 aliphatic carbocycles. The van der Waals surface area contributed by atoms with E-state index in [0.29, 0.717) is 30.0 Å². The second kappa shape index (κ2) is 8.66. The third-order valence-electron chi connectivity index (χ3n) is 4.05. The molecule has 0 aromatic heterocycles. The number of carbonyl (C=O) groups excluding carboxylic acids is 1. The molecule has 7 nitrogen and oxygen atoms in total. The Morgan fingerprint density at radius 2 is 2.00 bits per heavy atom. The minimum Gasteiger partial charge on any atom is -0.478 e. The van der Waals surface area contributed by atoms with Gasteiger partial charge in [-0.1, -0.05) is 17.2 Å². The molecule has 0 radical (unpaired) electrons. The molecule has 9 heteroatoms. The Hall–Kier alpha value is -1.90. The number of nitrogens with one attached hydrogen (secondary N) is 1. The Morgan fingerprint density at radius 3 is 2.62 bits per heavy atom. The number of aliphatic carboxylic acids is 1. The van der Waals surface area contributed by atoms with Crippen molar-refractivity contribution >= 4 is 33.5 Å². The lowest BCUT2D eigenvalue weighted by atomic mass is 10.1. The van der Waals surface area contributed by atoms with Crippen LogP contribution in [0.15, 0.2) is 40.8 Å². The predicted octanol–water partition coefficient (Wildman–Crippen LogP) is 2.03. The van der Waals surface area contributed by atoms with Gasteiger partial charge in [0.2, 0.25) is 15.9 Å². The quantitative estimate of drug-likeness (QED) is 0.711. The van der Waals surface area contributed by atoms with E-state index in [1.54, 1.807) is 0 Å². The highest BCUT2D eigenvalue weighted by Crippen LogP contribution is 2.24. The minimum absolute atomic E-state index is 0.00192. The number of hydrogen-bond acceptors (Lipinski definition) is 4. The Kier molecular flexibility index (Phi) is 6.80. The lowest BCUT2D eigenvalue weighted by Gasteiger charge is -2.29. The van der Waals surface area contributed by atoms with Gasteiger partial charge in [0.25, 0.3) is 0 Å². The van der Waals surface area contributed by atoms with E-state index in [1.807, 2.05) is 0 Å². The van der Waals surface area contributed by atoms with Gasteiger partial charge in [-0.3, -0.25) is 4.79 Å². The second-order valence-electron chi connectivity index (χ2n) is 6.14. The number of halogens is 1. The van der Waals surface area contributed by atoms with Gasteiger partial charge < -0.3 is 10.4 Å². The Bertz CT molecular complexity index is 805. The van der Waals surface area contributed by atoms with Crippen LogP contribution in [-0.2, 0) is 19.6 Å². The highest BCUT2D eigenvalue weighted by Gasteiger charge is 2.36. The van der Waals surface area contributed by atoms with Crippen LogP contribution >= 0.6 is 11.6 Å². The van der Waals surface area contributed by atoms with E-state index in [4.69, 9.17) is 16.7 Å². The largest absolute Gasteiger partial charge is 0.478 e. The van der Waals surface area contributed by atoms with Crippen molar-refractivity contribution in [3.05, 3.63) is 40.9 Å². The van der Waals surface area contributed by atoms with Crippen molar-refractivity contribution in [2.24, 2.45) is 0 Å². The molecular formula is C17H21ClN2O5S. The van der Waals surface area contributed by atoms with Gasteiger partial charge >= 0.3 is 5.97 Å². The van der Waals surface area contributed by atoms with E-state index < -0.39 is 22.0 Å². The highest BCUT2D eigenvalue weighted by molar-refractivity contribution is 7.89. The van der Waals surface area contributed by atoms with Gasteiger partial charge in [-0.2, -0.15) is 4.31 Å². The molecule has 1 aliphatic heterocycles. The van der Waals surface area contributed by atoms with Gasteiger partial charge in [-0.15, -0.1) is 0 Å². The molecule has 0 saturated carbocycles. The molecule has 0 spiro atoms. The smallest absolute Gasteiger partial charge is 0.328 e. The summed E-state index contributed by atoms with van der Waals surface area (Å²) in [6, 6.07) is 4.76.